The maximum Gasteiger partial charge on any atom is 0.317 e. The van der Waals surface area contributed by atoms with Crippen LogP contribution in [0.2, 0.25) is 0 Å². The summed E-state index contributed by atoms with van der Waals surface area (Å²) in [4.78, 5) is 26.1. The van der Waals surface area contributed by atoms with Crippen molar-refractivity contribution in [3.63, 3.8) is 0 Å². The van der Waals surface area contributed by atoms with E-state index in [2.05, 4.69) is 0 Å². The third-order valence-corrected chi connectivity index (χ3v) is 3.39. The zero-order chi connectivity index (χ0) is 15.2. The highest BCUT2D eigenvalue weighted by atomic mass is 16.4. The first-order valence-electron chi connectivity index (χ1n) is 6.75. The number of benzene rings is 1. The van der Waals surface area contributed by atoms with Gasteiger partial charge in [0.05, 0.1) is 6.54 Å². The fourth-order valence-corrected chi connectivity index (χ4v) is 2.21. The number of piperazine rings is 1. The number of aromatic hydroxyl groups is 1. The lowest BCUT2D eigenvalue weighted by molar-refractivity contribution is -0.139. The van der Waals surface area contributed by atoms with E-state index in [0.29, 0.717) is 31.7 Å². The molecule has 0 aromatic heterocycles. The van der Waals surface area contributed by atoms with E-state index in [4.69, 9.17) is 5.11 Å². The summed E-state index contributed by atoms with van der Waals surface area (Å²) in [6.45, 7) is 2.15. The summed E-state index contributed by atoms with van der Waals surface area (Å²) < 4.78 is 0. The molecule has 0 spiro atoms. The maximum atomic E-state index is 12.0. The molecule has 0 aliphatic carbocycles. The predicted molar refractivity (Wildman–Crippen MR) is 77.8 cm³/mol. The van der Waals surface area contributed by atoms with Gasteiger partial charge in [0.15, 0.2) is 0 Å². The van der Waals surface area contributed by atoms with Crippen molar-refractivity contribution in [1.82, 2.24) is 9.80 Å². The molecule has 2 rings (SSSR count). The topological polar surface area (TPSA) is 81.1 Å². The molecule has 2 N–H and O–H groups in total. The lowest BCUT2D eigenvalue weighted by Crippen LogP contribution is -2.49. The van der Waals surface area contributed by atoms with Gasteiger partial charge in [-0.25, -0.2) is 0 Å². The Morgan fingerprint density at radius 1 is 1.14 bits per heavy atom. The van der Waals surface area contributed by atoms with Crippen molar-refractivity contribution in [2.24, 2.45) is 0 Å². The van der Waals surface area contributed by atoms with E-state index in [1.54, 1.807) is 40.1 Å². The van der Waals surface area contributed by atoms with E-state index in [1.807, 2.05) is 0 Å². The minimum Gasteiger partial charge on any atom is -0.507 e. The molecule has 1 aromatic carbocycles. The molecule has 21 heavy (non-hydrogen) atoms. The van der Waals surface area contributed by atoms with E-state index in [-0.39, 0.29) is 18.2 Å². The fraction of sp³-hybridized carbons (Fsp3) is 0.333. The molecule has 1 aliphatic heterocycles. The zero-order valence-electron chi connectivity index (χ0n) is 11.6. The molecule has 0 atom stereocenters. The number of carbonyl (C=O) groups is 2. The number of rotatable bonds is 4. The molecular weight excluding hydrogens is 272 g/mol. The number of phenolic OH excluding ortho intramolecular Hbond substituents is 1. The highest BCUT2D eigenvalue weighted by Crippen LogP contribution is 2.17. The van der Waals surface area contributed by atoms with Crippen LogP contribution < -0.4 is 0 Å². The number of phenols is 1. The van der Waals surface area contributed by atoms with E-state index in [1.165, 1.54) is 6.08 Å². The summed E-state index contributed by atoms with van der Waals surface area (Å²) in [5.74, 6) is -0.852. The van der Waals surface area contributed by atoms with E-state index < -0.39 is 5.97 Å². The number of carboxylic acids is 1. The standard InChI is InChI=1S/C15H18N2O4/c18-13-4-2-1-3-12(13)5-6-14(19)17-9-7-16(8-10-17)11-15(20)21/h1-6,18H,7-11H2,(H,20,21)/b6-5+. The predicted octanol–water partition coefficient (Wildman–Crippen LogP) is 0.634. The van der Waals surface area contributed by atoms with Gasteiger partial charge in [-0.1, -0.05) is 18.2 Å². The van der Waals surface area contributed by atoms with Crippen LogP contribution in [0, 0.1) is 0 Å². The van der Waals surface area contributed by atoms with Crippen LogP contribution in [-0.4, -0.2) is 64.6 Å². The molecule has 1 aromatic rings. The Balaban J connectivity index is 1.88. The van der Waals surface area contributed by atoms with Crippen molar-refractivity contribution in [2.75, 3.05) is 32.7 Å². The van der Waals surface area contributed by atoms with E-state index in [9.17, 15) is 14.7 Å². The fourth-order valence-electron chi connectivity index (χ4n) is 2.21. The summed E-state index contributed by atoms with van der Waals surface area (Å²) in [5.41, 5.74) is 0.593. The van der Waals surface area contributed by atoms with Gasteiger partial charge in [0.25, 0.3) is 0 Å². The lowest BCUT2D eigenvalue weighted by atomic mass is 10.2. The molecule has 112 valence electrons. The quantitative estimate of drug-likeness (QED) is 0.795. The number of carboxylic acid groups (broad SMARTS) is 1. The number of carbonyl (C=O) groups excluding carboxylic acids is 1. The average Bonchev–Trinajstić information content (AvgIpc) is 2.46. The molecule has 1 saturated heterocycles. The molecule has 1 aliphatic rings. The molecule has 1 heterocycles. The Morgan fingerprint density at radius 2 is 1.81 bits per heavy atom. The van der Waals surface area contributed by atoms with Gasteiger partial charge in [0.1, 0.15) is 5.75 Å². The smallest absolute Gasteiger partial charge is 0.317 e. The Kier molecular flexibility index (Phi) is 4.94. The van der Waals surface area contributed by atoms with E-state index in [0.717, 1.165) is 0 Å². The van der Waals surface area contributed by atoms with Crippen molar-refractivity contribution in [3.05, 3.63) is 35.9 Å². The third kappa shape index (κ3) is 4.32. The summed E-state index contributed by atoms with van der Waals surface area (Å²) in [6.07, 6.45) is 3.02. The largest absolute Gasteiger partial charge is 0.507 e. The van der Waals surface area contributed by atoms with Crippen molar-refractivity contribution >= 4 is 18.0 Å². The lowest BCUT2D eigenvalue weighted by Gasteiger charge is -2.33. The normalized spacial score (nSPS) is 16.3. The second-order valence-corrected chi connectivity index (χ2v) is 4.89. The maximum absolute atomic E-state index is 12.0. The van der Waals surface area contributed by atoms with Crippen molar-refractivity contribution in [1.29, 1.82) is 0 Å². The Labute approximate surface area is 122 Å². The minimum atomic E-state index is -0.853. The number of hydrogen-bond acceptors (Lipinski definition) is 4. The second kappa shape index (κ2) is 6.90. The molecule has 0 bridgehead atoms. The number of aliphatic carboxylic acids is 1. The van der Waals surface area contributed by atoms with Gasteiger partial charge >= 0.3 is 5.97 Å². The Hall–Kier alpha value is -2.34. The third-order valence-electron chi connectivity index (χ3n) is 3.39. The van der Waals surface area contributed by atoms with Gasteiger partial charge in [0, 0.05) is 37.8 Å². The number of amides is 1. The highest BCUT2D eigenvalue weighted by Gasteiger charge is 2.20. The zero-order valence-corrected chi connectivity index (χ0v) is 11.6. The Morgan fingerprint density at radius 3 is 2.43 bits per heavy atom. The molecule has 1 amide bonds. The van der Waals surface area contributed by atoms with Gasteiger partial charge in [-0.15, -0.1) is 0 Å². The van der Waals surface area contributed by atoms with Crippen LogP contribution in [0.4, 0.5) is 0 Å². The molecule has 6 heteroatoms. The van der Waals surface area contributed by atoms with Crippen LogP contribution in [0.3, 0.4) is 0 Å². The van der Waals surface area contributed by atoms with Gasteiger partial charge < -0.3 is 15.1 Å². The highest BCUT2D eigenvalue weighted by molar-refractivity contribution is 5.92. The monoisotopic (exact) mass is 290 g/mol. The van der Waals surface area contributed by atoms with Crippen molar-refractivity contribution in [2.45, 2.75) is 0 Å². The number of hydrogen-bond donors (Lipinski definition) is 2. The van der Waals surface area contributed by atoms with Crippen molar-refractivity contribution < 1.29 is 19.8 Å². The number of nitrogens with zero attached hydrogens (tertiary/aromatic N) is 2. The van der Waals surface area contributed by atoms with Gasteiger partial charge in [0.2, 0.25) is 5.91 Å². The van der Waals surface area contributed by atoms with Gasteiger partial charge in [-0.3, -0.25) is 14.5 Å². The molecule has 1 fully saturated rings. The van der Waals surface area contributed by atoms with Crippen LogP contribution in [0.5, 0.6) is 5.75 Å². The molecule has 0 saturated carbocycles. The molecule has 6 nitrogen and oxygen atoms in total. The first-order chi connectivity index (χ1) is 10.1. The number of para-hydroxylation sites is 1. The first kappa shape index (κ1) is 15.1. The van der Waals surface area contributed by atoms with Gasteiger partial charge in [-0.2, -0.15) is 0 Å². The molecule has 0 radical (unpaired) electrons. The second-order valence-electron chi connectivity index (χ2n) is 4.89. The van der Waals surface area contributed by atoms with Crippen LogP contribution in [-0.2, 0) is 9.59 Å². The minimum absolute atomic E-state index is 0.00968. The van der Waals surface area contributed by atoms with Crippen LogP contribution in [0.15, 0.2) is 30.3 Å². The summed E-state index contributed by atoms with van der Waals surface area (Å²) >= 11 is 0. The summed E-state index contributed by atoms with van der Waals surface area (Å²) in [6, 6.07) is 6.80. The summed E-state index contributed by atoms with van der Waals surface area (Å²) in [5, 5.41) is 18.3. The van der Waals surface area contributed by atoms with Crippen molar-refractivity contribution in [3.8, 4) is 5.75 Å². The SMILES string of the molecule is O=C(O)CN1CCN(C(=O)/C=C/c2ccccc2O)CC1. The average molecular weight is 290 g/mol. The van der Waals surface area contributed by atoms with Crippen LogP contribution >= 0.6 is 0 Å². The summed E-state index contributed by atoms with van der Waals surface area (Å²) in [7, 11) is 0. The first-order valence-corrected chi connectivity index (χ1v) is 6.75. The van der Waals surface area contributed by atoms with E-state index >= 15 is 0 Å². The molecule has 0 unspecified atom stereocenters. The van der Waals surface area contributed by atoms with Crippen LogP contribution in [0.1, 0.15) is 5.56 Å². The molecular formula is C15H18N2O4. The Bertz CT molecular complexity index is 548. The van der Waals surface area contributed by atoms with Gasteiger partial charge in [-0.05, 0) is 12.1 Å². The van der Waals surface area contributed by atoms with Crippen LogP contribution in [0.25, 0.3) is 6.08 Å².